The van der Waals surface area contributed by atoms with E-state index in [0.717, 1.165) is 25.2 Å². The molecule has 5 rings (SSSR count). The standard InChI is InChI=1S/C31H33N3O6/c1-38-26-20-24(8-9-25(26)40-21-22-6-3-2-4-7-22)28-27(29(35)23-10-12-32-13-11-23)30(36)31(37)34(28)15-5-14-33-16-18-39-19-17-33/h2-4,6-13,20,28,35H,5,14-19,21H2,1H3/b29-27+. The van der Waals surface area contributed by atoms with E-state index < -0.39 is 17.7 Å². The molecule has 0 radical (unpaired) electrons. The number of nitrogens with zero attached hydrogens (tertiary/aromatic N) is 3. The molecule has 2 aliphatic rings. The molecule has 1 N–H and O–H groups in total. The number of Topliss-reactive ketones (excluding diaryl/α,β-unsaturated/α-hetero) is 1. The van der Waals surface area contributed by atoms with Crippen molar-refractivity contribution in [2.24, 2.45) is 0 Å². The van der Waals surface area contributed by atoms with Gasteiger partial charge in [-0.2, -0.15) is 0 Å². The average Bonchev–Trinajstić information content (AvgIpc) is 3.26. The summed E-state index contributed by atoms with van der Waals surface area (Å²) in [6.45, 7) is 4.55. The first kappa shape index (κ1) is 27.4. The van der Waals surface area contributed by atoms with Gasteiger partial charge < -0.3 is 24.2 Å². The second-order valence-electron chi connectivity index (χ2n) is 9.72. The maximum absolute atomic E-state index is 13.4. The highest BCUT2D eigenvalue weighted by molar-refractivity contribution is 6.46. The van der Waals surface area contributed by atoms with Crippen molar-refractivity contribution in [1.29, 1.82) is 0 Å². The Bertz CT molecular complexity index is 1360. The number of carbonyl (C=O) groups excluding carboxylic acids is 2. The molecule has 0 aliphatic carbocycles. The zero-order chi connectivity index (χ0) is 27.9. The molecule has 3 heterocycles. The van der Waals surface area contributed by atoms with Crippen LogP contribution >= 0.6 is 0 Å². The predicted octanol–water partition coefficient (Wildman–Crippen LogP) is 3.81. The van der Waals surface area contributed by atoms with Gasteiger partial charge in [0.2, 0.25) is 0 Å². The molecule has 3 aromatic rings. The fourth-order valence-corrected chi connectivity index (χ4v) is 5.12. The van der Waals surface area contributed by atoms with E-state index in [1.807, 2.05) is 36.4 Å². The van der Waals surface area contributed by atoms with E-state index in [1.165, 1.54) is 12.4 Å². The molecule has 2 aliphatic heterocycles. The van der Waals surface area contributed by atoms with Crippen LogP contribution in [0.1, 0.15) is 29.2 Å². The number of aliphatic hydroxyl groups excluding tert-OH is 1. The Kier molecular flexibility index (Phi) is 8.73. The van der Waals surface area contributed by atoms with Gasteiger partial charge in [-0.15, -0.1) is 0 Å². The molecule has 9 nitrogen and oxygen atoms in total. The van der Waals surface area contributed by atoms with Gasteiger partial charge in [0, 0.05) is 44.1 Å². The molecule has 9 heteroatoms. The number of pyridine rings is 1. The van der Waals surface area contributed by atoms with Gasteiger partial charge in [-0.3, -0.25) is 19.5 Å². The van der Waals surface area contributed by atoms with Gasteiger partial charge >= 0.3 is 0 Å². The van der Waals surface area contributed by atoms with Crippen LogP contribution in [0.3, 0.4) is 0 Å². The summed E-state index contributed by atoms with van der Waals surface area (Å²) in [7, 11) is 1.55. The number of methoxy groups -OCH3 is 1. The molecule has 40 heavy (non-hydrogen) atoms. The lowest BCUT2D eigenvalue weighted by atomic mass is 9.95. The summed E-state index contributed by atoms with van der Waals surface area (Å²) in [5, 5.41) is 11.3. The summed E-state index contributed by atoms with van der Waals surface area (Å²) in [6, 6.07) is 17.6. The zero-order valence-electron chi connectivity index (χ0n) is 22.5. The normalized spacial score (nSPS) is 19.1. The third-order valence-corrected chi connectivity index (χ3v) is 7.21. The summed E-state index contributed by atoms with van der Waals surface area (Å²) in [5.74, 6) is -0.574. The fraction of sp³-hybridized carbons (Fsp3) is 0.323. The summed E-state index contributed by atoms with van der Waals surface area (Å²) >= 11 is 0. The van der Waals surface area contributed by atoms with E-state index in [4.69, 9.17) is 14.2 Å². The number of ether oxygens (including phenoxy) is 3. The molecular formula is C31H33N3O6. The maximum atomic E-state index is 13.4. The number of aliphatic hydroxyl groups is 1. The van der Waals surface area contributed by atoms with Crippen molar-refractivity contribution in [2.75, 3.05) is 46.5 Å². The topological polar surface area (TPSA) is 101 Å². The van der Waals surface area contributed by atoms with Gasteiger partial charge in [0.15, 0.2) is 11.5 Å². The minimum Gasteiger partial charge on any atom is -0.507 e. The Morgan fingerprint density at radius 3 is 2.48 bits per heavy atom. The lowest BCUT2D eigenvalue weighted by Gasteiger charge is -2.29. The van der Waals surface area contributed by atoms with E-state index in [0.29, 0.717) is 55.4 Å². The van der Waals surface area contributed by atoms with Gasteiger partial charge in [-0.05, 0) is 41.8 Å². The van der Waals surface area contributed by atoms with Crippen molar-refractivity contribution >= 4 is 17.4 Å². The molecular weight excluding hydrogens is 510 g/mol. The van der Waals surface area contributed by atoms with Crippen molar-refractivity contribution in [3.05, 3.63) is 95.3 Å². The van der Waals surface area contributed by atoms with E-state index in [9.17, 15) is 14.7 Å². The maximum Gasteiger partial charge on any atom is 0.295 e. The number of benzene rings is 2. The SMILES string of the molecule is COc1cc(C2/C(=C(\O)c3ccncc3)C(=O)C(=O)N2CCCN2CCOCC2)ccc1OCc1ccccc1. The number of ketones is 1. The van der Waals surface area contributed by atoms with Crippen molar-refractivity contribution in [3.63, 3.8) is 0 Å². The predicted molar refractivity (Wildman–Crippen MR) is 149 cm³/mol. The van der Waals surface area contributed by atoms with Gasteiger partial charge in [0.05, 0.1) is 31.9 Å². The van der Waals surface area contributed by atoms with E-state index >= 15 is 0 Å². The molecule has 2 saturated heterocycles. The summed E-state index contributed by atoms with van der Waals surface area (Å²) < 4.78 is 17.1. The summed E-state index contributed by atoms with van der Waals surface area (Å²) in [6.07, 6.45) is 3.74. The molecule has 2 aromatic carbocycles. The quantitative estimate of drug-likeness (QED) is 0.234. The Morgan fingerprint density at radius 2 is 1.75 bits per heavy atom. The average molecular weight is 544 g/mol. The van der Waals surface area contributed by atoms with Gasteiger partial charge in [-0.1, -0.05) is 36.4 Å². The second kappa shape index (κ2) is 12.8. The third kappa shape index (κ3) is 6.00. The van der Waals surface area contributed by atoms with Crippen molar-refractivity contribution in [1.82, 2.24) is 14.8 Å². The van der Waals surface area contributed by atoms with E-state index in [-0.39, 0.29) is 11.3 Å². The number of rotatable bonds is 10. The Hall–Kier alpha value is -4.21. The van der Waals surface area contributed by atoms with Crippen LogP contribution in [0.4, 0.5) is 0 Å². The van der Waals surface area contributed by atoms with Crippen molar-refractivity contribution in [2.45, 2.75) is 19.1 Å². The van der Waals surface area contributed by atoms with Crippen LogP contribution in [-0.4, -0.2) is 78.1 Å². The zero-order valence-corrected chi connectivity index (χ0v) is 22.5. The minimum absolute atomic E-state index is 0.0441. The lowest BCUT2D eigenvalue weighted by Crippen LogP contribution is -2.39. The first-order valence-electron chi connectivity index (χ1n) is 13.4. The molecule has 1 unspecified atom stereocenters. The number of carbonyl (C=O) groups is 2. The summed E-state index contributed by atoms with van der Waals surface area (Å²) in [5.41, 5.74) is 2.12. The molecule has 1 amide bonds. The molecule has 0 bridgehead atoms. The number of likely N-dealkylation sites (tertiary alicyclic amines) is 1. The molecule has 208 valence electrons. The Labute approximate surface area is 233 Å². The number of hydrogen-bond acceptors (Lipinski definition) is 8. The van der Waals surface area contributed by atoms with Crippen LogP contribution in [-0.2, 0) is 20.9 Å². The summed E-state index contributed by atoms with van der Waals surface area (Å²) in [4.78, 5) is 34.5. The third-order valence-electron chi connectivity index (χ3n) is 7.21. The number of hydrogen-bond donors (Lipinski definition) is 1. The van der Waals surface area contributed by atoms with Crippen LogP contribution in [0.2, 0.25) is 0 Å². The number of aromatic nitrogens is 1. The van der Waals surface area contributed by atoms with Crippen LogP contribution in [0.5, 0.6) is 11.5 Å². The molecule has 2 fully saturated rings. The minimum atomic E-state index is -0.782. The first-order valence-corrected chi connectivity index (χ1v) is 13.4. The van der Waals surface area contributed by atoms with Gasteiger partial charge in [0.1, 0.15) is 12.4 Å². The number of morpholine rings is 1. The van der Waals surface area contributed by atoms with Crippen LogP contribution in [0.25, 0.3) is 5.76 Å². The van der Waals surface area contributed by atoms with Crippen LogP contribution < -0.4 is 9.47 Å². The number of amides is 1. The van der Waals surface area contributed by atoms with Crippen molar-refractivity contribution in [3.8, 4) is 11.5 Å². The van der Waals surface area contributed by atoms with Gasteiger partial charge in [-0.25, -0.2) is 0 Å². The highest BCUT2D eigenvalue weighted by atomic mass is 16.5. The molecule has 1 atom stereocenters. The largest absolute Gasteiger partial charge is 0.507 e. The Balaban J connectivity index is 1.46. The lowest BCUT2D eigenvalue weighted by molar-refractivity contribution is -0.140. The first-order chi connectivity index (χ1) is 19.6. The fourth-order valence-electron chi connectivity index (χ4n) is 5.12. The van der Waals surface area contributed by atoms with E-state index in [2.05, 4.69) is 9.88 Å². The Morgan fingerprint density at radius 1 is 1.00 bits per heavy atom. The molecule has 0 saturated carbocycles. The molecule has 0 spiro atoms. The smallest absolute Gasteiger partial charge is 0.295 e. The monoisotopic (exact) mass is 543 g/mol. The highest BCUT2D eigenvalue weighted by Crippen LogP contribution is 2.42. The van der Waals surface area contributed by atoms with Gasteiger partial charge in [0.25, 0.3) is 11.7 Å². The van der Waals surface area contributed by atoms with Crippen molar-refractivity contribution < 1.29 is 28.9 Å². The molecule has 1 aromatic heterocycles. The van der Waals surface area contributed by atoms with E-state index in [1.54, 1.807) is 36.3 Å². The van der Waals surface area contributed by atoms with Crippen LogP contribution in [0, 0.1) is 0 Å². The van der Waals surface area contributed by atoms with Crippen LogP contribution in [0.15, 0.2) is 78.6 Å². The second-order valence-corrected chi connectivity index (χ2v) is 9.72. The highest BCUT2D eigenvalue weighted by Gasteiger charge is 2.46.